The van der Waals surface area contributed by atoms with Gasteiger partial charge in [0.25, 0.3) is 0 Å². The van der Waals surface area contributed by atoms with Crippen LogP contribution in [-0.4, -0.2) is 51.5 Å². The number of rotatable bonds is 4. The number of thiazole rings is 1. The summed E-state index contributed by atoms with van der Waals surface area (Å²) in [4.78, 5) is 34.5. The first-order valence-electron chi connectivity index (χ1n) is 7.00. The van der Waals surface area contributed by atoms with Gasteiger partial charge in [0.15, 0.2) is 0 Å². The Kier molecular flexibility index (Phi) is 4.92. The van der Waals surface area contributed by atoms with Crippen molar-refractivity contribution < 1.29 is 14.3 Å². The molecule has 1 aliphatic heterocycles. The second-order valence-corrected chi connectivity index (χ2v) is 6.80. The molecule has 3 heterocycles. The summed E-state index contributed by atoms with van der Waals surface area (Å²) >= 11 is 3.01. The monoisotopic (exact) mass is 349 g/mol. The first kappa shape index (κ1) is 15.9. The van der Waals surface area contributed by atoms with Crippen LogP contribution in [0.15, 0.2) is 29.8 Å². The van der Waals surface area contributed by atoms with E-state index in [9.17, 15) is 9.59 Å². The van der Waals surface area contributed by atoms with Gasteiger partial charge in [-0.05, 0) is 12.1 Å². The fraction of sp³-hybridized carbons (Fsp3) is 0.333. The van der Waals surface area contributed by atoms with Gasteiger partial charge < -0.3 is 9.64 Å². The van der Waals surface area contributed by atoms with Gasteiger partial charge in [0.2, 0.25) is 5.91 Å². The van der Waals surface area contributed by atoms with Crippen LogP contribution in [0.1, 0.15) is 5.69 Å². The first-order chi connectivity index (χ1) is 11.2. The maximum absolute atomic E-state index is 12.4. The number of carbonyl (C=O) groups is 2. The molecule has 0 radical (unpaired) electrons. The molecular formula is C15H15N3O3S2. The van der Waals surface area contributed by atoms with E-state index < -0.39 is 6.04 Å². The molecule has 0 bridgehead atoms. The fourth-order valence-corrected chi connectivity index (χ4v) is 4.23. The number of pyridine rings is 1. The number of hydrogen-bond acceptors (Lipinski definition) is 7. The van der Waals surface area contributed by atoms with Gasteiger partial charge in [0.05, 0.1) is 30.8 Å². The van der Waals surface area contributed by atoms with Crippen molar-refractivity contribution >= 4 is 35.0 Å². The van der Waals surface area contributed by atoms with Gasteiger partial charge in [-0.25, -0.2) is 9.78 Å². The van der Waals surface area contributed by atoms with E-state index in [2.05, 4.69) is 9.97 Å². The van der Waals surface area contributed by atoms with Crippen molar-refractivity contribution in [3.05, 3.63) is 35.5 Å². The third-order valence-electron chi connectivity index (χ3n) is 3.44. The third kappa shape index (κ3) is 3.53. The minimum absolute atomic E-state index is 0.108. The molecule has 23 heavy (non-hydrogen) atoms. The summed E-state index contributed by atoms with van der Waals surface area (Å²) in [6.07, 6.45) is 1.89. The van der Waals surface area contributed by atoms with E-state index in [0.717, 1.165) is 10.7 Å². The molecule has 1 atom stereocenters. The number of carbonyl (C=O) groups excluding carboxylic acids is 2. The number of methoxy groups -OCH3 is 1. The van der Waals surface area contributed by atoms with Gasteiger partial charge in [-0.2, -0.15) is 0 Å². The van der Waals surface area contributed by atoms with Crippen LogP contribution < -0.4 is 0 Å². The average molecular weight is 349 g/mol. The van der Waals surface area contributed by atoms with Crippen LogP contribution in [0.25, 0.3) is 10.7 Å². The maximum Gasteiger partial charge on any atom is 0.329 e. The van der Waals surface area contributed by atoms with Crippen LogP contribution >= 0.6 is 23.1 Å². The SMILES string of the molecule is COC(=O)[C@H]1CSCN1C(=O)Cc1csc(-c2ccccn2)n1. The molecule has 6 nitrogen and oxygen atoms in total. The highest BCUT2D eigenvalue weighted by Crippen LogP contribution is 2.25. The van der Waals surface area contributed by atoms with Crippen LogP contribution in [0.3, 0.4) is 0 Å². The van der Waals surface area contributed by atoms with E-state index in [4.69, 9.17) is 4.74 Å². The highest BCUT2D eigenvalue weighted by molar-refractivity contribution is 7.99. The maximum atomic E-state index is 12.4. The summed E-state index contributed by atoms with van der Waals surface area (Å²) in [6.45, 7) is 0. The number of nitrogens with zero attached hydrogens (tertiary/aromatic N) is 3. The summed E-state index contributed by atoms with van der Waals surface area (Å²) in [7, 11) is 1.34. The highest BCUT2D eigenvalue weighted by atomic mass is 32.2. The van der Waals surface area contributed by atoms with E-state index in [1.807, 2.05) is 23.6 Å². The Hall–Kier alpha value is -1.93. The molecule has 1 fully saturated rings. The minimum Gasteiger partial charge on any atom is -0.467 e. The zero-order valence-corrected chi connectivity index (χ0v) is 14.1. The molecular weight excluding hydrogens is 334 g/mol. The average Bonchev–Trinajstić information content (AvgIpc) is 3.24. The van der Waals surface area contributed by atoms with Crippen LogP contribution in [0.4, 0.5) is 0 Å². The summed E-state index contributed by atoms with van der Waals surface area (Å²) in [5.74, 6) is 0.615. The summed E-state index contributed by atoms with van der Waals surface area (Å²) < 4.78 is 4.76. The molecule has 1 aliphatic rings. The van der Waals surface area contributed by atoms with Gasteiger partial charge in [-0.3, -0.25) is 9.78 Å². The smallest absolute Gasteiger partial charge is 0.329 e. The van der Waals surface area contributed by atoms with Crippen molar-refractivity contribution in [2.45, 2.75) is 12.5 Å². The number of hydrogen-bond donors (Lipinski definition) is 0. The van der Waals surface area contributed by atoms with Crippen LogP contribution in [0, 0.1) is 0 Å². The summed E-state index contributed by atoms with van der Waals surface area (Å²) in [5, 5.41) is 2.65. The number of amides is 1. The Balaban J connectivity index is 1.69. The largest absolute Gasteiger partial charge is 0.467 e. The van der Waals surface area contributed by atoms with Gasteiger partial charge in [-0.1, -0.05) is 6.07 Å². The summed E-state index contributed by atoms with van der Waals surface area (Å²) in [5.41, 5.74) is 1.49. The Morgan fingerprint density at radius 2 is 2.30 bits per heavy atom. The quantitative estimate of drug-likeness (QED) is 0.784. The predicted octanol–water partition coefficient (Wildman–Crippen LogP) is 1.82. The van der Waals surface area contributed by atoms with Gasteiger partial charge in [0, 0.05) is 17.3 Å². The van der Waals surface area contributed by atoms with E-state index in [0.29, 0.717) is 17.3 Å². The molecule has 0 spiro atoms. The topological polar surface area (TPSA) is 72.4 Å². The number of esters is 1. The highest BCUT2D eigenvalue weighted by Gasteiger charge is 2.35. The Bertz CT molecular complexity index is 705. The van der Waals surface area contributed by atoms with Gasteiger partial charge in [0.1, 0.15) is 11.0 Å². The van der Waals surface area contributed by atoms with E-state index in [-0.39, 0.29) is 18.3 Å². The van der Waals surface area contributed by atoms with Crippen molar-refractivity contribution in [3.63, 3.8) is 0 Å². The molecule has 0 saturated carbocycles. The number of ether oxygens (including phenoxy) is 1. The molecule has 8 heteroatoms. The lowest BCUT2D eigenvalue weighted by Crippen LogP contribution is -2.43. The molecule has 1 amide bonds. The van der Waals surface area contributed by atoms with Crippen molar-refractivity contribution in [1.29, 1.82) is 0 Å². The Morgan fingerprint density at radius 3 is 3.04 bits per heavy atom. The number of thioether (sulfide) groups is 1. The second kappa shape index (κ2) is 7.10. The van der Waals surface area contributed by atoms with Gasteiger partial charge >= 0.3 is 5.97 Å². The molecule has 2 aromatic heterocycles. The lowest BCUT2D eigenvalue weighted by atomic mass is 10.2. The van der Waals surface area contributed by atoms with Crippen molar-refractivity contribution in [3.8, 4) is 10.7 Å². The number of aromatic nitrogens is 2. The predicted molar refractivity (Wildman–Crippen MR) is 89.0 cm³/mol. The Morgan fingerprint density at radius 1 is 1.43 bits per heavy atom. The zero-order valence-electron chi connectivity index (χ0n) is 12.5. The van der Waals surface area contributed by atoms with E-state index in [1.165, 1.54) is 18.4 Å². The molecule has 0 unspecified atom stereocenters. The normalized spacial score (nSPS) is 17.3. The standard InChI is InChI=1S/C15H15N3O3S2/c1-21-15(20)12-8-22-9-18(12)13(19)6-10-7-23-14(17-10)11-4-2-3-5-16-11/h2-5,7,12H,6,8-9H2,1H3/t12-/m1/s1. The lowest BCUT2D eigenvalue weighted by molar-refractivity contribution is -0.150. The van der Waals surface area contributed by atoms with Crippen molar-refractivity contribution in [1.82, 2.24) is 14.9 Å². The van der Waals surface area contributed by atoms with Crippen molar-refractivity contribution in [2.75, 3.05) is 18.7 Å². The van der Waals surface area contributed by atoms with Gasteiger partial charge in [-0.15, -0.1) is 23.1 Å². The summed E-state index contributed by atoms with van der Waals surface area (Å²) in [6, 6.07) is 5.14. The second-order valence-electron chi connectivity index (χ2n) is 4.94. The van der Waals surface area contributed by atoms with Crippen LogP contribution in [0.2, 0.25) is 0 Å². The lowest BCUT2D eigenvalue weighted by Gasteiger charge is -2.21. The molecule has 120 valence electrons. The van der Waals surface area contributed by atoms with Crippen LogP contribution in [0.5, 0.6) is 0 Å². The first-order valence-corrected chi connectivity index (χ1v) is 9.03. The molecule has 0 N–H and O–H groups in total. The van der Waals surface area contributed by atoms with Crippen molar-refractivity contribution in [2.24, 2.45) is 0 Å². The van der Waals surface area contributed by atoms with Crippen LogP contribution in [-0.2, 0) is 20.7 Å². The Labute approximate surface area is 141 Å². The molecule has 1 saturated heterocycles. The minimum atomic E-state index is -0.494. The van der Waals surface area contributed by atoms with E-state index in [1.54, 1.807) is 22.9 Å². The molecule has 0 aromatic carbocycles. The molecule has 3 rings (SSSR count). The molecule has 0 aliphatic carbocycles. The molecule has 2 aromatic rings. The third-order valence-corrected chi connectivity index (χ3v) is 5.37. The van der Waals surface area contributed by atoms with E-state index >= 15 is 0 Å². The zero-order chi connectivity index (χ0) is 16.2. The fourth-order valence-electron chi connectivity index (χ4n) is 2.27.